The maximum Gasteiger partial charge on any atom is 0.231 e. The van der Waals surface area contributed by atoms with Gasteiger partial charge in [0.15, 0.2) is 11.5 Å². The Bertz CT molecular complexity index is 452. The zero-order valence-electron chi connectivity index (χ0n) is 10.2. The predicted molar refractivity (Wildman–Crippen MR) is 69.6 cm³/mol. The summed E-state index contributed by atoms with van der Waals surface area (Å²) in [6, 6.07) is 4.10. The highest BCUT2D eigenvalue weighted by Gasteiger charge is 2.22. The van der Waals surface area contributed by atoms with Crippen molar-refractivity contribution < 1.29 is 14.2 Å². The summed E-state index contributed by atoms with van der Waals surface area (Å²) in [7, 11) is 0. The number of ether oxygens (including phenoxy) is 3. The molecule has 1 saturated heterocycles. The molecule has 0 radical (unpaired) electrons. The Labute approximate surface area is 111 Å². The molecule has 0 bridgehead atoms. The normalized spacial score (nSPS) is 26.1. The predicted octanol–water partition coefficient (Wildman–Crippen LogP) is 3.05. The third-order valence-corrected chi connectivity index (χ3v) is 3.62. The average Bonchev–Trinajstić information content (AvgIpc) is 2.76. The van der Waals surface area contributed by atoms with Crippen molar-refractivity contribution in [2.75, 3.05) is 18.7 Å². The van der Waals surface area contributed by atoms with Crippen molar-refractivity contribution in [1.82, 2.24) is 0 Å². The molecule has 0 saturated carbocycles. The van der Waals surface area contributed by atoms with Crippen molar-refractivity contribution in [3.63, 3.8) is 0 Å². The van der Waals surface area contributed by atoms with Crippen molar-refractivity contribution in [2.45, 2.75) is 31.9 Å². The molecule has 98 valence electrons. The van der Waals surface area contributed by atoms with Crippen LogP contribution in [0.1, 0.15) is 19.8 Å². The first-order valence-electron chi connectivity index (χ1n) is 6.19. The summed E-state index contributed by atoms with van der Waals surface area (Å²) in [4.78, 5) is 0. The van der Waals surface area contributed by atoms with Gasteiger partial charge in [-0.2, -0.15) is 0 Å². The highest BCUT2D eigenvalue weighted by Crippen LogP contribution is 2.39. The van der Waals surface area contributed by atoms with Gasteiger partial charge < -0.3 is 19.5 Å². The fourth-order valence-electron chi connectivity index (χ4n) is 2.38. The minimum absolute atomic E-state index is 0.267. The Morgan fingerprint density at radius 3 is 2.83 bits per heavy atom. The van der Waals surface area contributed by atoms with Crippen LogP contribution in [-0.4, -0.2) is 25.5 Å². The number of hydrogen-bond acceptors (Lipinski definition) is 4. The minimum Gasteiger partial charge on any atom is -0.454 e. The molecule has 2 heterocycles. The summed E-state index contributed by atoms with van der Waals surface area (Å²) in [5, 5.41) is 4.13. The van der Waals surface area contributed by atoms with Crippen molar-refractivity contribution in [3.05, 3.63) is 17.2 Å². The van der Waals surface area contributed by atoms with E-state index in [2.05, 4.69) is 12.2 Å². The molecule has 3 rings (SSSR count). The third kappa shape index (κ3) is 2.35. The number of anilines is 1. The van der Waals surface area contributed by atoms with E-state index in [1.807, 2.05) is 6.07 Å². The smallest absolute Gasteiger partial charge is 0.231 e. The highest BCUT2D eigenvalue weighted by atomic mass is 35.5. The molecule has 2 aliphatic rings. The lowest BCUT2D eigenvalue weighted by atomic mass is 10.0. The first-order valence-corrected chi connectivity index (χ1v) is 6.57. The average molecular weight is 270 g/mol. The van der Waals surface area contributed by atoms with Crippen LogP contribution in [0, 0.1) is 0 Å². The van der Waals surface area contributed by atoms with Crippen molar-refractivity contribution in [3.8, 4) is 11.5 Å². The van der Waals surface area contributed by atoms with Crippen molar-refractivity contribution in [1.29, 1.82) is 0 Å². The van der Waals surface area contributed by atoms with Gasteiger partial charge in [-0.1, -0.05) is 11.6 Å². The second kappa shape index (κ2) is 4.86. The lowest BCUT2D eigenvalue weighted by Crippen LogP contribution is -2.32. The standard InChI is InChI=1S/C13H16ClNO3/c1-8-4-9(2-3-16-8)15-11-6-13-12(5-10(11)14)17-7-18-13/h5-6,8-9,15H,2-4,7H2,1H3. The van der Waals surface area contributed by atoms with Crippen molar-refractivity contribution >= 4 is 17.3 Å². The van der Waals surface area contributed by atoms with Crippen LogP contribution in [0.2, 0.25) is 5.02 Å². The Morgan fingerprint density at radius 2 is 2.06 bits per heavy atom. The van der Waals surface area contributed by atoms with E-state index >= 15 is 0 Å². The molecule has 0 aliphatic carbocycles. The van der Waals surface area contributed by atoms with Crippen LogP contribution >= 0.6 is 11.6 Å². The zero-order chi connectivity index (χ0) is 12.5. The quantitative estimate of drug-likeness (QED) is 0.896. The van der Waals surface area contributed by atoms with Gasteiger partial charge >= 0.3 is 0 Å². The molecule has 0 spiro atoms. The summed E-state index contributed by atoms with van der Waals surface area (Å²) >= 11 is 6.23. The van der Waals surface area contributed by atoms with E-state index < -0.39 is 0 Å². The number of hydrogen-bond donors (Lipinski definition) is 1. The van der Waals surface area contributed by atoms with Gasteiger partial charge in [0.2, 0.25) is 6.79 Å². The fourth-order valence-corrected chi connectivity index (χ4v) is 2.59. The molecule has 1 N–H and O–H groups in total. The van der Waals surface area contributed by atoms with E-state index in [1.165, 1.54) is 0 Å². The Balaban J connectivity index is 1.76. The first-order chi connectivity index (χ1) is 8.72. The molecule has 1 aromatic rings. The maximum atomic E-state index is 6.23. The second-order valence-electron chi connectivity index (χ2n) is 4.73. The number of benzene rings is 1. The van der Waals surface area contributed by atoms with E-state index in [-0.39, 0.29) is 6.79 Å². The number of fused-ring (bicyclic) bond motifs is 1. The van der Waals surface area contributed by atoms with E-state index in [9.17, 15) is 0 Å². The van der Waals surface area contributed by atoms with Gasteiger partial charge in [0.1, 0.15) is 0 Å². The van der Waals surface area contributed by atoms with E-state index in [0.29, 0.717) is 22.9 Å². The van der Waals surface area contributed by atoms with Crippen LogP contribution in [0.25, 0.3) is 0 Å². The Morgan fingerprint density at radius 1 is 1.28 bits per heavy atom. The van der Waals surface area contributed by atoms with Gasteiger partial charge in [-0.05, 0) is 19.8 Å². The molecule has 18 heavy (non-hydrogen) atoms. The van der Waals surface area contributed by atoms with E-state index in [0.717, 1.165) is 30.9 Å². The molecular weight excluding hydrogens is 254 g/mol. The molecule has 2 aliphatic heterocycles. The van der Waals surface area contributed by atoms with Crippen LogP contribution in [-0.2, 0) is 4.74 Å². The lowest BCUT2D eigenvalue weighted by Gasteiger charge is -2.29. The Kier molecular flexibility index (Phi) is 3.22. The SMILES string of the molecule is CC1CC(Nc2cc3c(cc2Cl)OCO3)CCO1. The van der Waals surface area contributed by atoms with Gasteiger partial charge in [0, 0.05) is 24.8 Å². The molecule has 2 unspecified atom stereocenters. The molecular formula is C13H16ClNO3. The molecule has 0 amide bonds. The van der Waals surface area contributed by atoms with Crippen LogP contribution in [0.15, 0.2) is 12.1 Å². The number of rotatable bonds is 2. The van der Waals surface area contributed by atoms with Gasteiger partial charge in [0.05, 0.1) is 16.8 Å². The van der Waals surface area contributed by atoms with Crippen LogP contribution < -0.4 is 14.8 Å². The number of halogens is 1. The molecule has 0 aromatic heterocycles. The van der Waals surface area contributed by atoms with Crippen LogP contribution in [0.5, 0.6) is 11.5 Å². The summed E-state index contributed by atoms with van der Waals surface area (Å²) < 4.78 is 16.2. The summed E-state index contributed by atoms with van der Waals surface area (Å²) in [5.74, 6) is 1.47. The van der Waals surface area contributed by atoms with Crippen LogP contribution in [0.4, 0.5) is 5.69 Å². The van der Waals surface area contributed by atoms with Gasteiger partial charge in [-0.3, -0.25) is 0 Å². The first kappa shape index (κ1) is 11.9. The zero-order valence-corrected chi connectivity index (χ0v) is 11.0. The monoisotopic (exact) mass is 269 g/mol. The fraction of sp³-hybridized carbons (Fsp3) is 0.538. The highest BCUT2D eigenvalue weighted by molar-refractivity contribution is 6.33. The second-order valence-corrected chi connectivity index (χ2v) is 5.14. The largest absolute Gasteiger partial charge is 0.454 e. The minimum atomic E-state index is 0.267. The Hall–Kier alpha value is -1.13. The molecule has 2 atom stereocenters. The molecule has 1 fully saturated rings. The lowest BCUT2D eigenvalue weighted by molar-refractivity contribution is 0.0232. The summed E-state index contributed by atoms with van der Waals surface area (Å²) in [6.45, 7) is 3.15. The van der Waals surface area contributed by atoms with Gasteiger partial charge in [-0.25, -0.2) is 0 Å². The third-order valence-electron chi connectivity index (χ3n) is 3.31. The summed E-state index contributed by atoms with van der Waals surface area (Å²) in [5.41, 5.74) is 0.903. The van der Waals surface area contributed by atoms with Gasteiger partial charge in [-0.15, -0.1) is 0 Å². The number of nitrogens with one attached hydrogen (secondary N) is 1. The van der Waals surface area contributed by atoms with Gasteiger partial charge in [0.25, 0.3) is 0 Å². The van der Waals surface area contributed by atoms with E-state index in [1.54, 1.807) is 6.07 Å². The molecule has 4 nitrogen and oxygen atoms in total. The molecule has 1 aromatic carbocycles. The van der Waals surface area contributed by atoms with Crippen LogP contribution in [0.3, 0.4) is 0 Å². The summed E-state index contributed by atoms with van der Waals surface area (Å²) in [6.07, 6.45) is 2.28. The topological polar surface area (TPSA) is 39.7 Å². The van der Waals surface area contributed by atoms with E-state index in [4.69, 9.17) is 25.8 Å². The maximum absolute atomic E-state index is 6.23. The molecule has 5 heteroatoms. The van der Waals surface area contributed by atoms with Crippen molar-refractivity contribution in [2.24, 2.45) is 0 Å².